The maximum atomic E-state index is 13.0. The van der Waals surface area contributed by atoms with Crippen molar-refractivity contribution < 1.29 is 80.2 Å². The number of rotatable bonds is 67. The Morgan fingerprint density at radius 3 is 0.773 bits per heavy atom. The van der Waals surface area contributed by atoms with Gasteiger partial charge in [0.1, 0.15) is 19.3 Å². The quantitative estimate of drug-likeness (QED) is 0.0222. The van der Waals surface area contributed by atoms with E-state index in [9.17, 15) is 43.2 Å². The minimum Gasteiger partial charge on any atom is -0.462 e. The van der Waals surface area contributed by atoms with Gasteiger partial charge in [0.15, 0.2) is 12.2 Å². The molecule has 0 bridgehead atoms. The molecule has 5 atom stereocenters. The van der Waals surface area contributed by atoms with Crippen LogP contribution in [0.5, 0.6) is 0 Å². The number of aliphatic hydroxyl groups excluding tert-OH is 1. The van der Waals surface area contributed by atoms with Gasteiger partial charge in [-0.05, 0) is 43.4 Å². The van der Waals surface area contributed by atoms with Gasteiger partial charge in [-0.25, -0.2) is 9.13 Å². The van der Waals surface area contributed by atoms with Crippen molar-refractivity contribution in [2.45, 2.75) is 362 Å². The van der Waals surface area contributed by atoms with Crippen LogP contribution in [0.2, 0.25) is 0 Å². The molecule has 0 rings (SSSR count). The van der Waals surface area contributed by atoms with Crippen molar-refractivity contribution in [3.63, 3.8) is 0 Å². The lowest BCUT2D eigenvalue weighted by Gasteiger charge is -2.21. The van der Waals surface area contributed by atoms with Crippen LogP contribution in [0.15, 0.2) is 0 Å². The summed E-state index contributed by atoms with van der Waals surface area (Å²) >= 11 is 0. The Morgan fingerprint density at radius 2 is 0.523 bits per heavy atom. The van der Waals surface area contributed by atoms with E-state index in [0.29, 0.717) is 25.7 Å². The van der Waals surface area contributed by atoms with Crippen LogP contribution >= 0.6 is 15.6 Å². The van der Waals surface area contributed by atoms with Gasteiger partial charge in [-0.2, -0.15) is 0 Å². The van der Waals surface area contributed by atoms with Crippen LogP contribution in [-0.2, 0) is 65.4 Å². The largest absolute Gasteiger partial charge is 0.472 e. The van der Waals surface area contributed by atoms with Crippen LogP contribution in [0.4, 0.5) is 0 Å². The first-order chi connectivity index (χ1) is 42.2. The summed E-state index contributed by atoms with van der Waals surface area (Å²) in [5, 5.41) is 10.6. The van der Waals surface area contributed by atoms with E-state index >= 15 is 0 Å². The molecule has 0 aromatic carbocycles. The van der Waals surface area contributed by atoms with E-state index < -0.39 is 97.5 Å². The number of unbranched alkanes of at least 4 members (excludes halogenated alkanes) is 35. The molecule has 19 heteroatoms. The number of carbonyl (C=O) groups excluding carboxylic acids is 4. The fourth-order valence-electron chi connectivity index (χ4n) is 10.4. The van der Waals surface area contributed by atoms with Crippen molar-refractivity contribution in [2.24, 2.45) is 17.8 Å². The Balaban J connectivity index is 5.16. The molecule has 0 spiro atoms. The number of hydrogen-bond donors (Lipinski definition) is 3. The Hall–Kier alpha value is -1.94. The average molecular weight is 1300 g/mol. The van der Waals surface area contributed by atoms with E-state index in [2.05, 4.69) is 48.5 Å². The van der Waals surface area contributed by atoms with E-state index in [0.717, 1.165) is 114 Å². The molecular formula is C69H134O17P2. The number of aliphatic hydroxyl groups is 1. The lowest BCUT2D eigenvalue weighted by atomic mass is 10.0. The van der Waals surface area contributed by atoms with Gasteiger partial charge in [-0.1, -0.05) is 292 Å². The summed E-state index contributed by atoms with van der Waals surface area (Å²) in [4.78, 5) is 72.2. The molecule has 17 nitrogen and oxygen atoms in total. The Bertz CT molecular complexity index is 1730. The minimum atomic E-state index is -4.95. The molecule has 88 heavy (non-hydrogen) atoms. The molecular weight excluding hydrogens is 1160 g/mol. The zero-order valence-corrected chi connectivity index (χ0v) is 59.0. The molecule has 0 fully saturated rings. The van der Waals surface area contributed by atoms with E-state index in [4.69, 9.17) is 37.0 Å². The first-order valence-corrected chi connectivity index (χ1v) is 38.8. The smallest absolute Gasteiger partial charge is 0.462 e. The summed E-state index contributed by atoms with van der Waals surface area (Å²) in [5.74, 6) is 0.168. The first-order valence-electron chi connectivity index (χ1n) is 35.8. The fourth-order valence-corrected chi connectivity index (χ4v) is 11.9. The summed E-state index contributed by atoms with van der Waals surface area (Å²) in [5.41, 5.74) is 0. The predicted molar refractivity (Wildman–Crippen MR) is 354 cm³/mol. The van der Waals surface area contributed by atoms with Crippen LogP contribution in [0, 0.1) is 17.8 Å². The van der Waals surface area contributed by atoms with Crippen LogP contribution in [0.3, 0.4) is 0 Å². The Morgan fingerprint density at radius 1 is 0.307 bits per heavy atom. The van der Waals surface area contributed by atoms with Gasteiger partial charge in [0.25, 0.3) is 0 Å². The molecule has 0 amide bonds. The molecule has 0 saturated heterocycles. The number of esters is 4. The van der Waals surface area contributed by atoms with Crippen LogP contribution in [-0.4, -0.2) is 96.7 Å². The van der Waals surface area contributed by atoms with Gasteiger partial charge >= 0.3 is 39.5 Å². The monoisotopic (exact) mass is 1300 g/mol. The zero-order valence-electron chi connectivity index (χ0n) is 57.2. The second-order valence-electron chi connectivity index (χ2n) is 26.3. The first kappa shape index (κ1) is 86.1. The minimum absolute atomic E-state index is 0.105. The van der Waals surface area contributed by atoms with Gasteiger partial charge in [0.05, 0.1) is 26.4 Å². The van der Waals surface area contributed by atoms with Crippen molar-refractivity contribution in [3.05, 3.63) is 0 Å². The molecule has 522 valence electrons. The third-order valence-corrected chi connectivity index (χ3v) is 17.8. The highest BCUT2D eigenvalue weighted by Crippen LogP contribution is 2.45. The summed E-state index contributed by atoms with van der Waals surface area (Å²) in [7, 11) is -9.89. The van der Waals surface area contributed by atoms with E-state index in [-0.39, 0.29) is 25.7 Å². The molecule has 0 aliphatic heterocycles. The van der Waals surface area contributed by atoms with Crippen LogP contribution in [0.25, 0.3) is 0 Å². The highest BCUT2D eigenvalue weighted by molar-refractivity contribution is 7.47. The van der Waals surface area contributed by atoms with Crippen molar-refractivity contribution in [1.29, 1.82) is 0 Å². The standard InChI is InChI=1S/C69H134O17P2/c1-8-9-10-33-43-50-66(71)79-56-64(85-68(73)53-46-39-32-26-20-18-23-29-36-42-49-62(6)7)58-83-87(75,76)81-54-63(70)55-82-88(77,78)84-59-65(57-80-67(72)51-44-37-30-24-19-17-22-28-35-41-48-61(4)5)86-69(74)52-45-38-31-25-16-14-12-11-13-15-21-27-34-40-47-60(2)3/h60-65,70H,8-59H2,1-7H3,(H,75,76)(H,77,78)/t63-,64+,65+/m0/s1. The van der Waals surface area contributed by atoms with Crippen LogP contribution < -0.4 is 0 Å². The number of phosphoric acid groups is 2. The Labute approximate surface area is 537 Å². The van der Waals surface area contributed by atoms with Gasteiger partial charge < -0.3 is 33.8 Å². The lowest BCUT2D eigenvalue weighted by molar-refractivity contribution is -0.161. The third kappa shape index (κ3) is 62.8. The van der Waals surface area contributed by atoms with Crippen molar-refractivity contribution in [1.82, 2.24) is 0 Å². The predicted octanol–water partition coefficient (Wildman–Crippen LogP) is 19.5. The second-order valence-corrected chi connectivity index (χ2v) is 29.3. The SMILES string of the molecule is CCCCCCCC(=O)OC[C@H](COP(=O)(O)OC[C@H](O)COP(=O)(O)OC[C@@H](COC(=O)CCCCCCCCCCCCC(C)C)OC(=O)CCCCCCCCCCCCCCCCC(C)C)OC(=O)CCCCCCCCCCCCC(C)C. The third-order valence-electron chi connectivity index (χ3n) is 15.9. The molecule has 0 radical (unpaired) electrons. The maximum Gasteiger partial charge on any atom is 0.472 e. The second kappa shape index (κ2) is 60.0. The van der Waals surface area contributed by atoms with E-state index in [1.807, 2.05) is 0 Å². The molecule has 2 unspecified atom stereocenters. The topological polar surface area (TPSA) is 237 Å². The molecule has 0 aromatic rings. The number of hydrogen-bond acceptors (Lipinski definition) is 15. The van der Waals surface area contributed by atoms with Crippen molar-refractivity contribution in [3.8, 4) is 0 Å². The number of phosphoric ester groups is 2. The Kier molecular flexibility index (Phi) is 58.7. The fraction of sp³-hybridized carbons (Fsp3) is 0.942. The summed E-state index contributed by atoms with van der Waals surface area (Å²) in [6.07, 6.45) is 43.4. The zero-order chi connectivity index (χ0) is 65.2. The van der Waals surface area contributed by atoms with Gasteiger partial charge in [-0.15, -0.1) is 0 Å². The summed E-state index contributed by atoms with van der Waals surface area (Å²) in [6, 6.07) is 0. The van der Waals surface area contributed by atoms with Gasteiger partial charge in [0.2, 0.25) is 0 Å². The molecule has 0 aliphatic rings. The van der Waals surface area contributed by atoms with E-state index in [1.165, 1.54) is 148 Å². The lowest BCUT2D eigenvalue weighted by Crippen LogP contribution is -2.30. The normalized spacial score (nSPS) is 14.2. The highest BCUT2D eigenvalue weighted by Gasteiger charge is 2.30. The summed E-state index contributed by atoms with van der Waals surface area (Å²) in [6.45, 7) is 11.8. The maximum absolute atomic E-state index is 13.0. The van der Waals surface area contributed by atoms with Crippen molar-refractivity contribution >= 4 is 39.5 Å². The van der Waals surface area contributed by atoms with E-state index in [1.54, 1.807) is 0 Å². The molecule has 3 N–H and O–H groups in total. The molecule has 0 aliphatic carbocycles. The van der Waals surface area contributed by atoms with Crippen LogP contribution in [0.1, 0.15) is 344 Å². The van der Waals surface area contributed by atoms with Crippen molar-refractivity contribution in [2.75, 3.05) is 39.6 Å². The summed E-state index contributed by atoms with van der Waals surface area (Å²) < 4.78 is 68.0. The van der Waals surface area contributed by atoms with Gasteiger partial charge in [0, 0.05) is 25.7 Å². The number of ether oxygens (including phenoxy) is 4. The number of carbonyl (C=O) groups is 4. The highest BCUT2D eigenvalue weighted by atomic mass is 31.2. The van der Waals surface area contributed by atoms with Gasteiger partial charge in [-0.3, -0.25) is 37.3 Å². The molecule has 0 aromatic heterocycles. The molecule has 0 saturated carbocycles. The molecule has 0 heterocycles. The average Bonchev–Trinajstić information content (AvgIpc) is 3.63.